The first-order valence-electron chi connectivity index (χ1n) is 10.3. The van der Waals surface area contributed by atoms with Crippen LogP contribution in [0.1, 0.15) is 29.1 Å². The number of hydrogen-bond donors (Lipinski definition) is 1. The standard InChI is InChI=1S/C22H30FN5O2/c1-4-24-22(25-16-19(26(2)3)17-7-5-8-18(23)15-17)28-12-10-27(11-13-28)21(29)20-9-6-14-30-20/h5-9,14-15,19H,4,10-13,16H2,1-3H3,(H,24,25). The molecule has 1 unspecified atom stereocenters. The van der Waals surface area contributed by atoms with Crippen molar-refractivity contribution < 1.29 is 13.6 Å². The lowest BCUT2D eigenvalue weighted by Gasteiger charge is -2.36. The van der Waals surface area contributed by atoms with Crippen molar-refractivity contribution in [1.82, 2.24) is 20.0 Å². The Morgan fingerprint density at radius 3 is 2.53 bits per heavy atom. The van der Waals surface area contributed by atoms with Gasteiger partial charge >= 0.3 is 0 Å². The lowest BCUT2D eigenvalue weighted by molar-refractivity contribution is 0.0657. The summed E-state index contributed by atoms with van der Waals surface area (Å²) in [7, 11) is 3.94. The summed E-state index contributed by atoms with van der Waals surface area (Å²) in [5.41, 5.74) is 0.897. The van der Waals surface area contributed by atoms with Crippen molar-refractivity contribution in [1.29, 1.82) is 0 Å². The lowest BCUT2D eigenvalue weighted by atomic mass is 10.1. The number of halogens is 1. The molecule has 1 aromatic heterocycles. The molecule has 2 heterocycles. The molecule has 30 heavy (non-hydrogen) atoms. The molecule has 0 radical (unpaired) electrons. The molecule has 0 bridgehead atoms. The molecule has 1 aliphatic rings. The maximum Gasteiger partial charge on any atom is 0.289 e. The van der Waals surface area contributed by atoms with Crippen molar-refractivity contribution in [3.63, 3.8) is 0 Å². The number of hydrogen-bond acceptors (Lipinski definition) is 4. The molecule has 0 aliphatic carbocycles. The Bertz CT molecular complexity index is 845. The van der Waals surface area contributed by atoms with E-state index in [0.29, 0.717) is 38.5 Å². The van der Waals surface area contributed by atoms with Gasteiger partial charge in [0, 0.05) is 32.7 Å². The summed E-state index contributed by atoms with van der Waals surface area (Å²) in [6.45, 7) is 5.86. The molecule has 1 aromatic carbocycles. The minimum atomic E-state index is -0.243. The van der Waals surface area contributed by atoms with Crippen LogP contribution in [0.25, 0.3) is 0 Å². The van der Waals surface area contributed by atoms with Crippen LogP contribution in [-0.2, 0) is 0 Å². The molecule has 1 fully saturated rings. The van der Waals surface area contributed by atoms with E-state index in [9.17, 15) is 9.18 Å². The fraction of sp³-hybridized carbons (Fsp3) is 0.455. The number of carbonyl (C=O) groups excluding carboxylic acids is 1. The predicted octanol–water partition coefficient (Wildman–Crippen LogP) is 2.44. The van der Waals surface area contributed by atoms with Crippen LogP contribution < -0.4 is 5.32 Å². The molecular weight excluding hydrogens is 385 g/mol. The second-order valence-electron chi connectivity index (χ2n) is 7.49. The minimum Gasteiger partial charge on any atom is -0.459 e. The molecule has 1 atom stereocenters. The van der Waals surface area contributed by atoms with E-state index < -0.39 is 0 Å². The van der Waals surface area contributed by atoms with Crippen LogP contribution in [0.3, 0.4) is 0 Å². The topological polar surface area (TPSA) is 64.3 Å². The van der Waals surface area contributed by atoms with E-state index in [1.54, 1.807) is 29.2 Å². The second-order valence-corrected chi connectivity index (χ2v) is 7.49. The van der Waals surface area contributed by atoms with Crippen LogP contribution in [0.4, 0.5) is 4.39 Å². The number of benzene rings is 1. The fourth-order valence-corrected chi connectivity index (χ4v) is 3.56. The number of carbonyl (C=O) groups is 1. The van der Waals surface area contributed by atoms with Gasteiger partial charge in [0.2, 0.25) is 0 Å². The number of aliphatic imine (C=N–C) groups is 1. The number of amides is 1. The van der Waals surface area contributed by atoms with E-state index in [2.05, 4.69) is 10.2 Å². The van der Waals surface area contributed by atoms with Crippen molar-refractivity contribution in [2.24, 2.45) is 4.99 Å². The summed E-state index contributed by atoms with van der Waals surface area (Å²) in [6, 6.07) is 10.0. The maximum atomic E-state index is 13.7. The van der Waals surface area contributed by atoms with Crippen molar-refractivity contribution in [3.05, 3.63) is 59.8 Å². The van der Waals surface area contributed by atoms with Gasteiger partial charge in [-0.05, 0) is 50.8 Å². The highest BCUT2D eigenvalue weighted by Crippen LogP contribution is 2.20. The fourth-order valence-electron chi connectivity index (χ4n) is 3.56. The lowest BCUT2D eigenvalue weighted by Crippen LogP contribution is -2.53. The van der Waals surface area contributed by atoms with E-state index in [-0.39, 0.29) is 17.8 Å². The van der Waals surface area contributed by atoms with E-state index in [1.165, 1.54) is 12.3 Å². The third-order valence-electron chi connectivity index (χ3n) is 5.20. The highest BCUT2D eigenvalue weighted by atomic mass is 19.1. The molecule has 0 spiro atoms. The quantitative estimate of drug-likeness (QED) is 0.580. The molecule has 3 rings (SSSR count). The Labute approximate surface area is 177 Å². The highest BCUT2D eigenvalue weighted by Gasteiger charge is 2.25. The van der Waals surface area contributed by atoms with Crippen molar-refractivity contribution in [2.45, 2.75) is 13.0 Å². The van der Waals surface area contributed by atoms with Gasteiger partial charge in [-0.2, -0.15) is 0 Å². The molecule has 0 saturated carbocycles. The Morgan fingerprint density at radius 1 is 1.20 bits per heavy atom. The van der Waals surface area contributed by atoms with Crippen LogP contribution in [0.5, 0.6) is 0 Å². The summed E-state index contributed by atoms with van der Waals surface area (Å²) >= 11 is 0. The smallest absolute Gasteiger partial charge is 0.289 e. The van der Waals surface area contributed by atoms with Crippen molar-refractivity contribution in [3.8, 4) is 0 Å². The summed E-state index contributed by atoms with van der Waals surface area (Å²) in [4.78, 5) is 23.3. The van der Waals surface area contributed by atoms with Gasteiger partial charge in [-0.3, -0.25) is 9.79 Å². The number of nitrogens with zero attached hydrogens (tertiary/aromatic N) is 4. The molecule has 7 nitrogen and oxygen atoms in total. The van der Waals surface area contributed by atoms with Gasteiger partial charge in [0.15, 0.2) is 11.7 Å². The third kappa shape index (κ3) is 5.38. The Balaban J connectivity index is 1.66. The Hall–Kier alpha value is -2.87. The van der Waals surface area contributed by atoms with Crippen LogP contribution >= 0.6 is 0 Å². The normalized spacial score (nSPS) is 16.1. The van der Waals surface area contributed by atoms with Gasteiger partial charge in [-0.15, -0.1) is 0 Å². The zero-order valence-electron chi connectivity index (χ0n) is 17.8. The van der Waals surface area contributed by atoms with Gasteiger partial charge in [-0.1, -0.05) is 12.1 Å². The first-order valence-corrected chi connectivity index (χ1v) is 10.3. The van der Waals surface area contributed by atoms with E-state index in [0.717, 1.165) is 18.1 Å². The zero-order valence-corrected chi connectivity index (χ0v) is 17.8. The van der Waals surface area contributed by atoms with Crippen LogP contribution in [-0.4, -0.2) is 79.9 Å². The van der Waals surface area contributed by atoms with Gasteiger partial charge < -0.3 is 24.4 Å². The molecule has 162 valence electrons. The van der Waals surface area contributed by atoms with Gasteiger partial charge in [0.05, 0.1) is 18.8 Å². The number of rotatable bonds is 6. The molecule has 2 aromatic rings. The van der Waals surface area contributed by atoms with Gasteiger partial charge in [0.25, 0.3) is 5.91 Å². The number of piperazine rings is 1. The first kappa shape index (κ1) is 21.8. The number of guanidine groups is 1. The number of likely N-dealkylation sites (N-methyl/N-ethyl adjacent to an activating group) is 1. The second kappa shape index (κ2) is 10.2. The summed E-state index contributed by atoms with van der Waals surface area (Å²) < 4.78 is 18.9. The SMILES string of the molecule is CCNC(=NCC(c1cccc(F)c1)N(C)C)N1CCN(C(=O)c2ccco2)CC1. The van der Waals surface area contributed by atoms with Gasteiger partial charge in [-0.25, -0.2) is 4.39 Å². The first-order chi connectivity index (χ1) is 14.5. The molecule has 1 N–H and O–H groups in total. The Kier molecular flexibility index (Phi) is 7.46. The summed E-state index contributed by atoms with van der Waals surface area (Å²) in [5, 5.41) is 3.34. The number of nitrogens with one attached hydrogen (secondary N) is 1. The van der Waals surface area contributed by atoms with Crippen LogP contribution in [0.15, 0.2) is 52.1 Å². The molecule has 1 saturated heterocycles. The molecule has 1 aliphatic heterocycles. The maximum absolute atomic E-state index is 13.7. The van der Waals surface area contributed by atoms with Crippen molar-refractivity contribution >= 4 is 11.9 Å². The average Bonchev–Trinajstić information content (AvgIpc) is 3.27. The predicted molar refractivity (Wildman–Crippen MR) is 115 cm³/mol. The largest absolute Gasteiger partial charge is 0.459 e. The number of furan rings is 1. The summed E-state index contributed by atoms with van der Waals surface area (Å²) in [5.74, 6) is 0.853. The van der Waals surface area contributed by atoms with E-state index in [4.69, 9.17) is 9.41 Å². The van der Waals surface area contributed by atoms with Crippen LogP contribution in [0.2, 0.25) is 0 Å². The zero-order chi connectivity index (χ0) is 21.5. The summed E-state index contributed by atoms with van der Waals surface area (Å²) in [6.07, 6.45) is 1.51. The van der Waals surface area contributed by atoms with Gasteiger partial charge in [0.1, 0.15) is 5.82 Å². The Morgan fingerprint density at radius 2 is 1.93 bits per heavy atom. The van der Waals surface area contributed by atoms with Crippen molar-refractivity contribution in [2.75, 3.05) is 53.4 Å². The average molecular weight is 416 g/mol. The van der Waals surface area contributed by atoms with Crippen LogP contribution in [0, 0.1) is 5.82 Å². The monoisotopic (exact) mass is 415 g/mol. The third-order valence-corrected chi connectivity index (χ3v) is 5.20. The molecule has 1 amide bonds. The van der Waals surface area contributed by atoms with E-state index in [1.807, 2.05) is 32.0 Å². The highest BCUT2D eigenvalue weighted by molar-refractivity contribution is 5.91. The molecule has 8 heteroatoms. The molecular formula is C22H30FN5O2. The minimum absolute atomic E-state index is 0.0313. The van der Waals surface area contributed by atoms with E-state index >= 15 is 0 Å².